The summed E-state index contributed by atoms with van der Waals surface area (Å²) in [5, 5.41) is 39.6. The van der Waals surface area contributed by atoms with Crippen LogP contribution in [0, 0.1) is 5.41 Å². The predicted octanol–water partition coefficient (Wildman–Crippen LogP) is 0.461. The largest absolute Gasteiger partial charge is 0.485 e. The number of aryl methyl sites for hydroxylation is 1. The number of ether oxygens (including phenoxy) is 1. The molecule has 3 atom stereocenters. The lowest BCUT2D eigenvalue weighted by Gasteiger charge is -2.50. The standard InChI is InChI=1S/C31H42N8O11S2/c1-29(2)23(26(42)39(29)50-52(45,46)47)37-25(41)22(19-15-51-28(33)36-19)38-49-30(3,27(43)44)21-7-5-16-14-17(4-6-20(16)48-21)24(32)35-18-8-10-31(34,11-9-18)12-13-40/h4,6,14-15,18,21,23,40H,5,7-13,34H2,1-3H3,(H2,32,35)(H2,33,36)(H,37,41)(H,43,44)(H,45,46,47)/b38-22-/t18?,21-,23-,30+,31?/m1/s1. The Balaban J connectivity index is 1.29. The number of aliphatic hydroxyl groups is 1. The number of hydrogen-bond acceptors (Lipinski definition) is 15. The van der Waals surface area contributed by atoms with Crippen molar-refractivity contribution in [2.75, 3.05) is 12.3 Å². The summed E-state index contributed by atoms with van der Waals surface area (Å²) in [6.45, 7) is 4.00. The van der Waals surface area contributed by atoms with Gasteiger partial charge in [-0.25, -0.2) is 9.78 Å². The number of thiazole rings is 1. The van der Waals surface area contributed by atoms with Crippen LogP contribution >= 0.6 is 11.3 Å². The van der Waals surface area contributed by atoms with E-state index < -0.39 is 57.2 Å². The zero-order valence-corrected chi connectivity index (χ0v) is 30.3. The molecular formula is C31H42N8O11S2. The van der Waals surface area contributed by atoms with Crippen LogP contribution in [-0.4, -0.2) is 104 Å². The lowest BCUT2D eigenvalue weighted by Crippen LogP contribution is -2.76. The van der Waals surface area contributed by atoms with Crippen molar-refractivity contribution in [1.29, 1.82) is 5.41 Å². The number of carboxylic acid groups (broad SMARTS) is 1. The molecule has 0 spiro atoms. The number of oxime groups is 1. The third-order valence-corrected chi connectivity index (χ3v) is 10.7. The number of carboxylic acids is 1. The summed E-state index contributed by atoms with van der Waals surface area (Å²) in [6.07, 6.45) is 3.00. The number of nitrogens with zero attached hydrogens (tertiary/aromatic N) is 3. The first-order valence-corrected chi connectivity index (χ1v) is 18.6. The summed E-state index contributed by atoms with van der Waals surface area (Å²) < 4.78 is 41.8. The van der Waals surface area contributed by atoms with E-state index in [1.54, 1.807) is 18.2 Å². The summed E-state index contributed by atoms with van der Waals surface area (Å²) in [4.78, 5) is 48.4. The quantitative estimate of drug-likeness (QED) is 0.0452. The highest BCUT2D eigenvalue weighted by Gasteiger charge is 2.58. The van der Waals surface area contributed by atoms with Crippen LogP contribution in [0.2, 0.25) is 0 Å². The molecule has 2 aliphatic heterocycles. The maximum atomic E-state index is 13.5. The van der Waals surface area contributed by atoms with E-state index in [9.17, 15) is 33.0 Å². The summed E-state index contributed by atoms with van der Waals surface area (Å²) in [7, 11) is -5.04. The van der Waals surface area contributed by atoms with Crippen molar-refractivity contribution in [3.05, 3.63) is 40.4 Å². The first-order chi connectivity index (χ1) is 24.3. The summed E-state index contributed by atoms with van der Waals surface area (Å²) in [5.74, 6) is -2.87. The highest BCUT2D eigenvalue weighted by Crippen LogP contribution is 2.36. The van der Waals surface area contributed by atoms with Gasteiger partial charge in [-0.3, -0.25) is 19.6 Å². The molecule has 1 aromatic carbocycles. The van der Waals surface area contributed by atoms with E-state index in [-0.39, 0.29) is 41.3 Å². The molecule has 2 aromatic rings. The number of nitrogens with one attached hydrogen (secondary N) is 3. The Morgan fingerprint density at radius 3 is 2.52 bits per heavy atom. The Morgan fingerprint density at radius 2 is 1.94 bits per heavy atom. The van der Waals surface area contributed by atoms with E-state index in [1.165, 1.54) is 26.2 Å². The van der Waals surface area contributed by atoms with Crippen LogP contribution in [0.3, 0.4) is 0 Å². The molecule has 0 radical (unpaired) electrons. The maximum Gasteiger partial charge on any atom is 0.418 e. The van der Waals surface area contributed by atoms with E-state index in [2.05, 4.69) is 25.1 Å². The molecule has 19 nitrogen and oxygen atoms in total. The van der Waals surface area contributed by atoms with Gasteiger partial charge in [0.15, 0.2) is 16.9 Å². The number of aromatic nitrogens is 1. The van der Waals surface area contributed by atoms with Crippen molar-refractivity contribution in [2.45, 2.75) is 101 Å². The van der Waals surface area contributed by atoms with Gasteiger partial charge in [-0.15, -0.1) is 15.6 Å². The molecule has 1 saturated heterocycles. The number of benzene rings is 1. The minimum Gasteiger partial charge on any atom is -0.485 e. The van der Waals surface area contributed by atoms with Crippen LogP contribution in [0.5, 0.6) is 5.75 Å². The summed E-state index contributed by atoms with van der Waals surface area (Å²) in [5.41, 5.74) is 8.91. The number of nitrogens with two attached hydrogens (primary N) is 2. The normalized spacial score (nSPS) is 25.5. The zero-order chi connectivity index (χ0) is 38.2. The average Bonchev–Trinajstić information content (AvgIpc) is 3.51. The maximum absolute atomic E-state index is 13.5. The number of carbonyl (C=O) groups excluding carboxylic acids is 2. The number of nitrogen functional groups attached to an aromatic ring is 1. The first-order valence-electron chi connectivity index (χ1n) is 16.3. The van der Waals surface area contributed by atoms with Gasteiger partial charge in [-0.05, 0) is 89.5 Å². The van der Waals surface area contributed by atoms with Crippen molar-refractivity contribution in [3.63, 3.8) is 0 Å². The topological polar surface area (TPSA) is 302 Å². The second-order valence-electron chi connectivity index (χ2n) is 13.8. The van der Waals surface area contributed by atoms with Gasteiger partial charge >= 0.3 is 16.4 Å². The number of hydroxylamine groups is 2. The zero-order valence-electron chi connectivity index (χ0n) is 28.6. The number of aliphatic carboxylic acids is 1. The van der Waals surface area contributed by atoms with Gasteiger partial charge in [0.25, 0.3) is 17.4 Å². The molecule has 1 aliphatic carbocycles. The number of carbonyl (C=O) groups is 3. The molecule has 21 heteroatoms. The van der Waals surface area contributed by atoms with Crippen molar-refractivity contribution in [2.24, 2.45) is 10.9 Å². The number of aliphatic hydroxyl groups excluding tert-OH is 1. The molecule has 2 fully saturated rings. The lowest BCUT2D eigenvalue weighted by molar-refractivity contribution is -0.218. The highest BCUT2D eigenvalue weighted by atomic mass is 32.3. The molecule has 0 bridgehead atoms. The van der Waals surface area contributed by atoms with Crippen LogP contribution in [0.4, 0.5) is 5.13 Å². The fourth-order valence-corrected chi connectivity index (χ4v) is 7.43. The molecule has 52 heavy (non-hydrogen) atoms. The van der Waals surface area contributed by atoms with E-state index in [0.717, 1.165) is 42.6 Å². The van der Waals surface area contributed by atoms with Crippen LogP contribution in [-0.2, 0) is 40.3 Å². The number of hydrogen-bond donors (Lipinski definition) is 8. The monoisotopic (exact) mass is 766 g/mol. The predicted molar refractivity (Wildman–Crippen MR) is 186 cm³/mol. The molecule has 3 aliphatic rings. The second kappa shape index (κ2) is 14.5. The molecule has 2 amide bonds. The van der Waals surface area contributed by atoms with Gasteiger partial charge in [0.2, 0.25) is 0 Å². The highest BCUT2D eigenvalue weighted by molar-refractivity contribution is 7.80. The molecule has 284 valence electrons. The van der Waals surface area contributed by atoms with Crippen molar-refractivity contribution in [1.82, 2.24) is 20.7 Å². The third-order valence-electron chi connectivity index (χ3n) is 9.70. The number of amidine groups is 1. The van der Waals surface area contributed by atoms with Crippen molar-refractivity contribution >= 4 is 56.2 Å². The number of β-lactam (4-membered cyclic amide) rings is 1. The Kier molecular flexibility index (Phi) is 10.9. The van der Waals surface area contributed by atoms with Gasteiger partial charge in [-0.2, -0.15) is 13.5 Å². The molecule has 0 unspecified atom stereocenters. The Bertz CT molecular complexity index is 1880. The van der Waals surface area contributed by atoms with Crippen LogP contribution in [0.1, 0.15) is 76.1 Å². The Morgan fingerprint density at radius 1 is 1.25 bits per heavy atom. The van der Waals surface area contributed by atoms with E-state index >= 15 is 0 Å². The number of anilines is 1. The van der Waals surface area contributed by atoms with E-state index in [4.69, 9.17) is 31.0 Å². The Labute approximate surface area is 303 Å². The molecule has 1 aromatic heterocycles. The fourth-order valence-electron chi connectivity index (χ4n) is 6.43. The number of fused-ring (bicyclic) bond motifs is 1. The molecule has 10 N–H and O–H groups in total. The molecule has 5 rings (SSSR count). The van der Waals surface area contributed by atoms with Crippen molar-refractivity contribution < 1.29 is 51.4 Å². The summed E-state index contributed by atoms with van der Waals surface area (Å²) in [6, 6.07) is 3.86. The second-order valence-corrected chi connectivity index (χ2v) is 15.7. The first kappa shape index (κ1) is 38.8. The minimum atomic E-state index is -5.04. The van der Waals surface area contributed by atoms with Gasteiger partial charge < -0.3 is 41.9 Å². The summed E-state index contributed by atoms with van der Waals surface area (Å²) >= 11 is 0.957. The molecular weight excluding hydrogens is 725 g/mol. The minimum absolute atomic E-state index is 0.0390. The van der Waals surface area contributed by atoms with E-state index in [1.807, 2.05) is 0 Å². The van der Waals surface area contributed by atoms with Gasteiger partial charge in [0, 0.05) is 29.1 Å². The molecule has 1 saturated carbocycles. The van der Waals surface area contributed by atoms with Gasteiger partial charge in [0.05, 0.1) is 5.54 Å². The SMILES string of the molecule is CC1(C)[C@H](NC(=O)/C(=N\O[C@](C)(C(=O)O)[C@H]2CCc3cc(C(=N)NC4CCC(N)(CCO)CC4)ccc3O2)c2csc(N)n2)C(=O)N1OS(=O)(=O)O. The van der Waals surface area contributed by atoms with Gasteiger partial charge in [-0.1, -0.05) is 5.16 Å². The van der Waals surface area contributed by atoms with Crippen LogP contribution in [0.25, 0.3) is 0 Å². The Hall–Kier alpha value is -4.41. The third kappa shape index (κ3) is 8.13. The number of rotatable bonds is 13. The number of amides is 2. The lowest BCUT2D eigenvalue weighted by atomic mass is 9.78. The van der Waals surface area contributed by atoms with Crippen molar-refractivity contribution in [3.8, 4) is 5.75 Å². The van der Waals surface area contributed by atoms with Crippen LogP contribution < -0.4 is 26.8 Å². The van der Waals surface area contributed by atoms with Crippen LogP contribution in [0.15, 0.2) is 28.7 Å². The van der Waals surface area contributed by atoms with Gasteiger partial charge in [0.1, 0.15) is 23.3 Å². The molecule has 3 heterocycles. The smallest absolute Gasteiger partial charge is 0.418 e. The average molecular weight is 767 g/mol. The fraction of sp³-hybridized carbons (Fsp3) is 0.548. The van der Waals surface area contributed by atoms with E-state index in [0.29, 0.717) is 29.2 Å².